The topological polar surface area (TPSA) is 74.6 Å². The van der Waals surface area contributed by atoms with E-state index in [0.29, 0.717) is 24.4 Å². The maximum atomic E-state index is 10.9. The van der Waals surface area contributed by atoms with Crippen molar-refractivity contribution in [1.29, 1.82) is 0 Å². The molecule has 160 valence electrons. The second-order valence-corrected chi connectivity index (χ2v) is 9.80. The highest BCUT2D eigenvalue weighted by Crippen LogP contribution is 2.65. The number of aldehydes is 2. The maximum absolute atomic E-state index is 10.9. The van der Waals surface area contributed by atoms with Gasteiger partial charge in [0.15, 0.2) is 12.6 Å². The fourth-order valence-corrected chi connectivity index (χ4v) is 6.41. The molecular weight excluding hydrogens is 400 g/mol. The van der Waals surface area contributed by atoms with Crippen molar-refractivity contribution in [2.75, 3.05) is 0 Å². The molecule has 4 fully saturated rings. The van der Waals surface area contributed by atoms with E-state index in [4.69, 9.17) is 0 Å². The largest absolute Gasteiger partial charge is 0.507 e. The first-order chi connectivity index (χ1) is 15.4. The van der Waals surface area contributed by atoms with Crippen molar-refractivity contribution in [2.24, 2.45) is 22.7 Å². The van der Waals surface area contributed by atoms with Crippen molar-refractivity contribution in [3.63, 3.8) is 0 Å². The molecule has 4 nitrogen and oxygen atoms in total. The van der Waals surface area contributed by atoms with Crippen molar-refractivity contribution in [1.82, 2.24) is 0 Å². The van der Waals surface area contributed by atoms with Crippen molar-refractivity contribution < 1.29 is 19.8 Å². The number of benzene rings is 2. The lowest BCUT2D eigenvalue weighted by atomic mass is 9.44. The Morgan fingerprint density at radius 1 is 0.750 bits per heavy atom. The van der Waals surface area contributed by atoms with Crippen molar-refractivity contribution >= 4 is 12.6 Å². The monoisotopic (exact) mass is 424 g/mol. The van der Waals surface area contributed by atoms with Gasteiger partial charge in [0, 0.05) is 22.0 Å². The number of phenolic OH excluding ortho intramolecular Hbond substituents is 2. The van der Waals surface area contributed by atoms with Gasteiger partial charge in [0.2, 0.25) is 0 Å². The van der Waals surface area contributed by atoms with Crippen LogP contribution < -0.4 is 0 Å². The van der Waals surface area contributed by atoms with Gasteiger partial charge < -0.3 is 10.2 Å². The number of rotatable bonds is 2. The lowest BCUT2D eigenvalue weighted by Crippen LogP contribution is -2.50. The fraction of sp³-hybridized carbons (Fsp3) is 0.357. The lowest BCUT2D eigenvalue weighted by molar-refractivity contribution is -0.0523. The average molecular weight is 424 g/mol. The Morgan fingerprint density at radius 2 is 1.19 bits per heavy atom. The number of aromatic hydroxyl groups is 2. The van der Waals surface area contributed by atoms with Crippen LogP contribution in [-0.2, 0) is 0 Å². The van der Waals surface area contributed by atoms with Crippen LogP contribution >= 0.6 is 0 Å². The van der Waals surface area contributed by atoms with Gasteiger partial charge in [0.05, 0.1) is 11.1 Å². The molecule has 4 aliphatic carbocycles. The first kappa shape index (κ1) is 20.4. The summed E-state index contributed by atoms with van der Waals surface area (Å²) in [5.74, 6) is 14.8. The predicted molar refractivity (Wildman–Crippen MR) is 120 cm³/mol. The molecule has 0 aliphatic heterocycles. The van der Waals surface area contributed by atoms with Crippen molar-refractivity contribution in [3.05, 3.63) is 58.7 Å². The van der Waals surface area contributed by atoms with Crippen molar-refractivity contribution in [2.45, 2.75) is 38.5 Å². The Kier molecular flexibility index (Phi) is 4.83. The van der Waals surface area contributed by atoms with E-state index >= 15 is 0 Å². The highest BCUT2D eigenvalue weighted by atomic mass is 16.3. The summed E-state index contributed by atoms with van der Waals surface area (Å²) < 4.78 is 0. The second-order valence-electron chi connectivity index (χ2n) is 9.80. The zero-order chi connectivity index (χ0) is 22.3. The van der Waals surface area contributed by atoms with Gasteiger partial charge in [0.25, 0.3) is 0 Å². The van der Waals surface area contributed by atoms with Crippen molar-refractivity contribution in [3.8, 4) is 35.2 Å². The minimum Gasteiger partial charge on any atom is -0.507 e. The quantitative estimate of drug-likeness (QED) is 0.541. The molecule has 4 bridgehead atoms. The molecule has 2 N–H and O–H groups in total. The summed E-state index contributed by atoms with van der Waals surface area (Å²) in [6.45, 7) is 0. The molecule has 2 aromatic carbocycles. The molecule has 0 atom stereocenters. The van der Waals surface area contributed by atoms with Gasteiger partial charge in [-0.05, 0) is 86.8 Å². The van der Waals surface area contributed by atoms with E-state index in [9.17, 15) is 19.8 Å². The summed E-state index contributed by atoms with van der Waals surface area (Å²) in [7, 11) is 0. The highest BCUT2D eigenvalue weighted by Gasteiger charge is 2.56. The van der Waals surface area contributed by atoms with Gasteiger partial charge in [-0.25, -0.2) is 0 Å². The molecule has 0 heterocycles. The summed E-state index contributed by atoms with van der Waals surface area (Å²) in [6, 6.07) is 9.88. The van der Waals surface area contributed by atoms with Gasteiger partial charge in [-0.15, -0.1) is 0 Å². The van der Waals surface area contributed by atoms with E-state index < -0.39 is 0 Å². The number of hydrogen-bond donors (Lipinski definition) is 2. The predicted octanol–water partition coefficient (Wildman–Crippen LogP) is 4.71. The normalized spacial score (nSPS) is 29.4. The SMILES string of the molecule is O=Cc1ccc(C#CC23CC4CC(C2)CC(C#Cc2ccc(C=O)c(O)c2)(C4)C3)cc1O. The summed E-state index contributed by atoms with van der Waals surface area (Å²) in [5.41, 5.74) is 1.84. The van der Waals surface area contributed by atoms with E-state index in [1.165, 1.54) is 6.42 Å². The Hall–Kier alpha value is -3.50. The third-order valence-electron chi connectivity index (χ3n) is 7.32. The van der Waals surface area contributed by atoms with Crippen LogP contribution in [0, 0.1) is 46.3 Å². The highest BCUT2D eigenvalue weighted by molar-refractivity contribution is 5.80. The van der Waals surface area contributed by atoms with Crippen LogP contribution in [0.2, 0.25) is 0 Å². The summed E-state index contributed by atoms with van der Waals surface area (Å²) >= 11 is 0. The first-order valence-corrected chi connectivity index (χ1v) is 11.0. The molecule has 32 heavy (non-hydrogen) atoms. The fourth-order valence-electron chi connectivity index (χ4n) is 6.41. The molecule has 4 heteroatoms. The standard InChI is InChI=1S/C28H24O4/c29-16-23-3-1-19(10-25(23)31)5-7-27-12-21-9-22(13-27)15-28(14-21,18-27)8-6-20-2-4-24(17-30)26(32)11-20/h1-4,10-11,16-17,21-22,31-32H,9,12-15,18H2. The van der Waals surface area contributed by atoms with Gasteiger partial charge in [-0.2, -0.15) is 0 Å². The lowest BCUT2D eigenvalue weighted by Gasteiger charge is -2.58. The molecule has 0 spiro atoms. The molecule has 0 aromatic heterocycles. The molecule has 2 aromatic rings. The van der Waals surface area contributed by atoms with Crippen LogP contribution in [0.1, 0.15) is 70.4 Å². The minimum absolute atomic E-state index is 0.0384. The first-order valence-electron chi connectivity index (χ1n) is 11.0. The summed E-state index contributed by atoms with van der Waals surface area (Å²) in [5, 5.41) is 19.9. The van der Waals surface area contributed by atoms with Gasteiger partial charge >= 0.3 is 0 Å². The van der Waals surface area contributed by atoms with Crippen LogP contribution in [0.15, 0.2) is 36.4 Å². The summed E-state index contributed by atoms with van der Waals surface area (Å²) in [6.07, 6.45) is 7.82. The third kappa shape index (κ3) is 3.67. The molecule has 6 rings (SSSR count). The minimum atomic E-state index is -0.0682. The van der Waals surface area contributed by atoms with Crippen LogP contribution in [0.3, 0.4) is 0 Å². The number of phenols is 2. The van der Waals surface area contributed by atoms with E-state index in [0.717, 1.165) is 43.2 Å². The van der Waals surface area contributed by atoms with Crippen LogP contribution in [0.4, 0.5) is 0 Å². The Balaban J connectivity index is 1.44. The molecule has 4 saturated carbocycles. The number of hydrogen-bond acceptors (Lipinski definition) is 4. The van der Waals surface area contributed by atoms with Crippen LogP contribution in [0.5, 0.6) is 11.5 Å². The molecule has 0 unspecified atom stereocenters. The number of carbonyl (C=O) groups is 2. The molecular formula is C28H24O4. The molecule has 0 radical (unpaired) electrons. The van der Waals surface area contributed by atoms with Crippen LogP contribution in [0.25, 0.3) is 0 Å². The van der Waals surface area contributed by atoms with Gasteiger partial charge in [-0.1, -0.05) is 23.7 Å². The zero-order valence-corrected chi connectivity index (χ0v) is 17.7. The molecule has 0 saturated heterocycles. The summed E-state index contributed by atoms with van der Waals surface area (Å²) in [4.78, 5) is 21.9. The zero-order valence-electron chi connectivity index (χ0n) is 17.7. The Bertz CT molecular complexity index is 1130. The second kappa shape index (κ2) is 7.57. The van der Waals surface area contributed by atoms with E-state index in [1.54, 1.807) is 36.4 Å². The molecule has 0 amide bonds. The van der Waals surface area contributed by atoms with Gasteiger partial charge in [0.1, 0.15) is 11.5 Å². The Morgan fingerprint density at radius 3 is 1.56 bits per heavy atom. The molecule has 4 aliphatic rings. The maximum Gasteiger partial charge on any atom is 0.153 e. The van der Waals surface area contributed by atoms with Gasteiger partial charge in [-0.3, -0.25) is 9.59 Å². The smallest absolute Gasteiger partial charge is 0.153 e. The van der Waals surface area contributed by atoms with E-state index in [2.05, 4.69) is 23.7 Å². The van der Waals surface area contributed by atoms with E-state index in [1.807, 2.05) is 0 Å². The Labute approximate surface area is 187 Å². The van der Waals surface area contributed by atoms with Crippen LogP contribution in [-0.4, -0.2) is 22.8 Å². The van der Waals surface area contributed by atoms with E-state index in [-0.39, 0.29) is 33.5 Å². The number of carbonyl (C=O) groups excluding carboxylic acids is 2. The average Bonchev–Trinajstić information content (AvgIpc) is 2.76. The third-order valence-corrected chi connectivity index (χ3v) is 7.32.